The molecule has 2 atom stereocenters. The van der Waals surface area contributed by atoms with Crippen LogP contribution in [0.2, 0.25) is 0 Å². The lowest BCUT2D eigenvalue weighted by molar-refractivity contribution is 0.105. The van der Waals surface area contributed by atoms with Crippen LogP contribution in [0.3, 0.4) is 0 Å². The molecule has 1 saturated heterocycles. The molecule has 160 valence electrons. The van der Waals surface area contributed by atoms with Gasteiger partial charge in [0.25, 0.3) is 5.56 Å². The van der Waals surface area contributed by atoms with E-state index in [2.05, 4.69) is 39.7 Å². The molecule has 0 aliphatic carbocycles. The molecule has 29 heavy (non-hydrogen) atoms. The van der Waals surface area contributed by atoms with E-state index in [9.17, 15) is 4.79 Å². The molecule has 7 heteroatoms. The minimum atomic E-state index is 0.0512. The Morgan fingerprint density at radius 3 is 2.76 bits per heavy atom. The number of benzene rings is 1. The van der Waals surface area contributed by atoms with E-state index < -0.39 is 0 Å². The van der Waals surface area contributed by atoms with E-state index in [0.29, 0.717) is 17.8 Å². The fraction of sp³-hybridized carbons (Fsp3) is 0.636. The summed E-state index contributed by atoms with van der Waals surface area (Å²) >= 11 is 3.48. The van der Waals surface area contributed by atoms with E-state index in [1.165, 1.54) is 0 Å². The van der Waals surface area contributed by atoms with E-state index in [1.807, 2.05) is 29.7 Å². The van der Waals surface area contributed by atoms with Crippen LogP contribution >= 0.6 is 15.9 Å². The molecule has 0 amide bonds. The quantitative estimate of drug-likeness (QED) is 0.627. The van der Waals surface area contributed by atoms with Crippen molar-refractivity contribution in [3.8, 4) is 0 Å². The first-order valence-electron chi connectivity index (χ1n) is 10.6. The second-order valence-electron chi connectivity index (χ2n) is 8.06. The topological polar surface area (TPSA) is 50.6 Å². The van der Waals surface area contributed by atoms with Gasteiger partial charge in [0, 0.05) is 50.2 Å². The number of nitrogens with zero attached hydrogens (tertiary/aromatic N) is 4. The van der Waals surface area contributed by atoms with Gasteiger partial charge in [-0.1, -0.05) is 29.3 Å². The Morgan fingerprint density at radius 1 is 1.28 bits per heavy atom. The molecule has 1 aromatic carbocycles. The van der Waals surface area contributed by atoms with Crippen LogP contribution in [0.1, 0.15) is 38.6 Å². The van der Waals surface area contributed by atoms with Gasteiger partial charge in [-0.05, 0) is 38.6 Å². The van der Waals surface area contributed by atoms with Crippen molar-refractivity contribution in [2.75, 3.05) is 46.9 Å². The minimum Gasteiger partial charge on any atom is -0.384 e. The van der Waals surface area contributed by atoms with Crippen molar-refractivity contribution in [2.24, 2.45) is 5.92 Å². The molecule has 0 bridgehead atoms. The number of hydrogen-bond donors (Lipinski definition) is 0. The number of methoxy groups -OCH3 is 1. The predicted octanol–water partition coefficient (Wildman–Crippen LogP) is 3.53. The predicted molar refractivity (Wildman–Crippen MR) is 121 cm³/mol. The lowest BCUT2D eigenvalue weighted by Crippen LogP contribution is -2.39. The molecule has 1 aliphatic heterocycles. The second kappa shape index (κ2) is 10.2. The zero-order chi connectivity index (χ0) is 21.0. The van der Waals surface area contributed by atoms with Crippen molar-refractivity contribution in [3.05, 3.63) is 38.9 Å². The third kappa shape index (κ3) is 5.08. The molecular formula is C22H33BrN4O2. The number of hydrogen-bond acceptors (Lipinski definition) is 5. The van der Waals surface area contributed by atoms with Crippen LogP contribution in [-0.2, 0) is 11.3 Å². The highest BCUT2D eigenvalue weighted by Gasteiger charge is 2.30. The van der Waals surface area contributed by atoms with Gasteiger partial charge in [-0.3, -0.25) is 14.3 Å². The molecule has 2 aromatic rings. The summed E-state index contributed by atoms with van der Waals surface area (Å²) in [5.41, 5.74) is 0.828. The number of ether oxygens (including phenoxy) is 1. The highest BCUT2D eigenvalue weighted by Crippen LogP contribution is 2.28. The smallest absolute Gasteiger partial charge is 0.261 e. The molecule has 0 radical (unpaired) electrons. The summed E-state index contributed by atoms with van der Waals surface area (Å²) in [6.45, 7) is 9.58. The van der Waals surface area contributed by atoms with Crippen molar-refractivity contribution in [1.82, 2.24) is 19.4 Å². The Hall–Kier alpha value is -1.28. The second-order valence-corrected chi connectivity index (χ2v) is 8.98. The van der Waals surface area contributed by atoms with E-state index >= 15 is 0 Å². The van der Waals surface area contributed by atoms with Crippen molar-refractivity contribution in [1.29, 1.82) is 0 Å². The van der Waals surface area contributed by atoms with Crippen LogP contribution in [0.4, 0.5) is 0 Å². The monoisotopic (exact) mass is 464 g/mol. The molecule has 0 saturated carbocycles. The van der Waals surface area contributed by atoms with E-state index in [4.69, 9.17) is 9.72 Å². The Labute approximate surface area is 182 Å². The van der Waals surface area contributed by atoms with Crippen molar-refractivity contribution in [3.63, 3.8) is 0 Å². The van der Waals surface area contributed by atoms with E-state index in [1.54, 1.807) is 7.11 Å². The summed E-state index contributed by atoms with van der Waals surface area (Å²) in [4.78, 5) is 23.2. The number of halogens is 1. The molecule has 2 heterocycles. The first-order chi connectivity index (χ1) is 14.0. The largest absolute Gasteiger partial charge is 0.384 e. The van der Waals surface area contributed by atoms with Gasteiger partial charge in [0.2, 0.25) is 0 Å². The normalized spacial score (nSPS) is 20.1. The summed E-state index contributed by atoms with van der Waals surface area (Å²) in [6, 6.07) is 5.91. The standard InChI is InChI=1S/C22H33BrN4O2/c1-5-7-20(26-11-10-25(3)13-16(14-26)15-29-4)21-24-19-9-8-17(23)12-18(19)22(28)27(21)6-2/h8-9,12,16,20H,5-7,10-11,13-15H2,1-4H3/t16-,20?/m0/s1. The average molecular weight is 465 g/mol. The maximum Gasteiger partial charge on any atom is 0.261 e. The Balaban J connectivity index is 2.07. The highest BCUT2D eigenvalue weighted by atomic mass is 79.9. The first kappa shape index (κ1) is 22.4. The molecule has 1 aromatic heterocycles. The van der Waals surface area contributed by atoms with Gasteiger partial charge in [0.05, 0.1) is 23.6 Å². The van der Waals surface area contributed by atoms with Crippen LogP contribution in [0.15, 0.2) is 27.5 Å². The average Bonchev–Trinajstić information content (AvgIpc) is 2.88. The van der Waals surface area contributed by atoms with E-state index in [-0.39, 0.29) is 11.6 Å². The van der Waals surface area contributed by atoms with Gasteiger partial charge in [-0.25, -0.2) is 4.98 Å². The summed E-state index contributed by atoms with van der Waals surface area (Å²) in [5.74, 6) is 1.35. The SMILES string of the molecule is CCCC(c1nc2ccc(Br)cc2c(=O)n1CC)N1CCN(C)C[C@H](COC)C1. The lowest BCUT2D eigenvalue weighted by atomic mass is 10.0. The number of likely N-dealkylation sites (N-methyl/N-ethyl adjacent to an activating group) is 1. The van der Waals surface area contributed by atoms with Crippen LogP contribution in [0, 0.1) is 5.92 Å². The Bertz CT molecular complexity index is 885. The van der Waals surface area contributed by atoms with Crippen LogP contribution < -0.4 is 5.56 Å². The lowest BCUT2D eigenvalue weighted by Gasteiger charge is -2.33. The van der Waals surface area contributed by atoms with Gasteiger partial charge in [-0.2, -0.15) is 0 Å². The fourth-order valence-corrected chi connectivity index (χ4v) is 4.82. The van der Waals surface area contributed by atoms with Gasteiger partial charge in [0.1, 0.15) is 5.82 Å². The molecule has 0 N–H and O–H groups in total. The summed E-state index contributed by atoms with van der Waals surface area (Å²) < 4.78 is 8.26. The van der Waals surface area contributed by atoms with Crippen molar-refractivity contribution in [2.45, 2.75) is 39.3 Å². The summed E-state index contributed by atoms with van der Waals surface area (Å²) in [6.07, 6.45) is 2.03. The van der Waals surface area contributed by atoms with Gasteiger partial charge >= 0.3 is 0 Å². The molecule has 1 aliphatic rings. The molecule has 6 nitrogen and oxygen atoms in total. The highest BCUT2D eigenvalue weighted by molar-refractivity contribution is 9.10. The minimum absolute atomic E-state index is 0.0512. The van der Waals surface area contributed by atoms with Gasteiger partial charge in [0.15, 0.2) is 0 Å². The third-order valence-electron chi connectivity index (χ3n) is 5.80. The fourth-order valence-electron chi connectivity index (χ4n) is 4.45. The van der Waals surface area contributed by atoms with Crippen LogP contribution in [-0.4, -0.2) is 66.3 Å². The maximum absolute atomic E-state index is 13.3. The Kier molecular flexibility index (Phi) is 7.85. The molecule has 0 spiro atoms. The van der Waals surface area contributed by atoms with Gasteiger partial charge in [-0.15, -0.1) is 0 Å². The molecule has 1 unspecified atom stereocenters. The maximum atomic E-state index is 13.3. The van der Waals surface area contributed by atoms with Crippen LogP contribution in [0.25, 0.3) is 10.9 Å². The number of rotatable bonds is 7. The van der Waals surface area contributed by atoms with E-state index in [0.717, 1.165) is 61.4 Å². The summed E-state index contributed by atoms with van der Waals surface area (Å²) in [7, 11) is 3.95. The zero-order valence-corrected chi connectivity index (χ0v) is 19.6. The zero-order valence-electron chi connectivity index (χ0n) is 18.0. The summed E-state index contributed by atoms with van der Waals surface area (Å²) in [5, 5.41) is 0.674. The van der Waals surface area contributed by atoms with Gasteiger partial charge < -0.3 is 9.64 Å². The number of aromatic nitrogens is 2. The number of fused-ring (bicyclic) bond motifs is 1. The third-order valence-corrected chi connectivity index (χ3v) is 6.29. The van der Waals surface area contributed by atoms with Crippen molar-refractivity contribution < 1.29 is 4.74 Å². The molecule has 3 rings (SSSR count). The Morgan fingerprint density at radius 2 is 2.07 bits per heavy atom. The first-order valence-corrected chi connectivity index (χ1v) is 11.4. The molecular weight excluding hydrogens is 432 g/mol. The van der Waals surface area contributed by atoms with Crippen molar-refractivity contribution >= 4 is 26.8 Å². The van der Waals surface area contributed by atoms with Crippen LogP contribution in [0.5, 0.6) is 0 Å². The molecule has 1 fully saturated rings.